The number of nitrogens with one attached hydrogen (secondary N) is 2. The molecular formula is C14H20IN5O. The van der Waals surface area contributed by atoms with Crippen LogP contribution in [0.4, 0.5) is 0 Å². The summed E-state index contributed by atoms with van der Waals surface area (Å²) in [6.07, 6.45) is 0. The van der Waals surface area contributed by atoms with Gasteiger partial charge in [0.25, 0.3) is 0 Å². The van der Waals surface area contributed by atoms with Gasteiger partial charge in [-0.1, -0.05) is 35.0 Å². The highest BCUT2D eigenvalue weighted by molar-refractivity contribution is 14.0. The SMILES string of the molecule is CN=C(NCc1ccc(C)cc1)NCc1noc(C)n1.I. The first-order valence-corrected chi connectivity index (χ1v) is 6.46. The van der Waals surface area contributed by atoms with Crippen LogP contribution in [0.5, 0.6) is 0 Å². The van der Waals surface area contributed by atoms with Crippen molar-refractivity contribution in [1.29, 1.82) is 0 Å². The van der Waals surface area contributed by atoms with E-state index in [2.05, 4.69) is 57.0 Å². The molecule has 0 fully saturated rings. The highest BCUT2D eigenvalue weighted by atomic mass is 127. The van der Waals surface area contributed by atoms with Crippen molar-refractivity contribution in [2.75, 3.05) is 7.05 Å². The van der Waals surface area contributed by atoms with Gasteiger partial charge >= 0.3 is 0 Å². The van der Waals surface area contributed by atoms with Crippen molar-refractivity contribution in [3.05, 3.63) is 47.1 Å². The monoisotopic (exact) mass is 401 g/mol. The molecular weight excluding hydrogens is 381 g/mol. The molecule has 7 heteroatoms. The molecule has 21 heavy (non-hydrogen) atoms. The van der Waals surface area contributed by atoms with Crippen molar-refractivity contribution in [1.82, 2.24) is 20.8 Å². The van der Waals surface area contributed by atoms with Crippen LogP contribution in [0, 0.1) is 13.8 Å². The quantitative estimate of drug-likeness (QED) is 0.467. The third-order valence-corrected chi connectivity index (χ3v) is 2.79. The molecule has 1 heterocycles. The minimum atomic E-state index is 0. The van der Waals surface area contributed by atoms with Gasteiger partial charge in [0.05, 0.1) is 6.54 Å². The Bertz CT molecular complexity index is 579. The van der Waals surface area contributed by atoms with Crippen molar-refractivity contribution in [2.45, 2.75) is 26.9 Å². The Morgan fingerprint density at radius 3 is 2.38 bits per heavy atom. The minimum Gasteiger partial charge on any atom is -0.352 e. The highest BCUT2D eigenvalue weighted by Crippen LogP contribution is 2.02. The summed E-state index contributed by atoms with van der Waals surface area (Å²) in [4.78, 5) is 8.27. The number of nitrogens with zero attached hydrogens (tertiary/aromatic N) is 3. The topological polar surface area (TPSA) is 75.3 Å². The summed E-state index contributed by atoms with van der Waals surface area (Å²) in [6.45, 7) is 5.03. The number of halogens is 1. The lowest BCUT2D eigenvalue weighted by Crippen LogP contribution is -2.36. The van der Waals surface area contributed by atoms with E-state index >= 15 is 0 Å². The third-order valence-electron chi connectivity index (χ3n) is 2.79. The molecule has 0 radical (unpaired) electrons. The van der Waals surface area contributed by atoms with Gasteiger partial charge in [-0.2, -0.15) is 4.98 Å². The summed E-state index contributed by atoms with van der Waals surface area (Å²) < 4.78 is 4.91. The van der Waals surface area contributed by atoms with Gasteiger partial charge in [-0.15, -0.1) is 24.0 Å². The Labute approximate surface area is 141 Å². The Hall–Kier alpha value is -1.64. The Morgan fingerprint density at radius 1 is 1.14 bits per heavy atom. The Balaban J connectivity index is 0.00000220. The molecule has 0 aliphatic rings. The molecule has 1 aromatic carbocycles. The van der Waals surface area contributed by atoms with Gasteiger partial charge in [0.2, 0.25) is 5.89 Å². The van der Waals surface area contributed by atoms with Crippen LogP contribution >= 0.6 is 24.0 Å². The fourth-order valence-electron chi connectivity index (χ4n) is 1.69. The maximum atomic E-state index is 4.91. The number of benzene rings is 1. The second kappa shape index (κ2) is 8.60. The van der Waals surface area contributed by atoms with Gasteiger partial charge in [-0.25, -0.2) is 0 Å². The van der Waals surface area contributed by atoms with Crippen molar-refractivity contribution >= 4 is 29.9 Å². The summed E-state index contributed by atoms with van der Waals surface area (Å²) >= 11 is 0. The first-order valence-electron chi connectivity index (χ1n) is 6.46. The molecule has 0 saturated carbocycles. The largest absolute Gasteiger partial charge is 0.352 e. The summed E-state index contributed by atoms with van der Waals surface area (Å²) in [5.41, 5.74) is 2.46. The van der Waals surface area contributed by atoms with Gasteiger partial charge in [-0.3, -0.25) is 4.99 Å². The van der Waals surface area contributed by atoms with Crippen LogP contribution in [0.1, 0.15) is 22.8 Å². The number of aromatic nitrogens is 2. The predicted octanol–water partition coefficient (Wildman–Crippen LogP) is 2.17. The average molecular weight is 401 g/mol. The fraction of sp³-hybridized carbons (Fsp3) is 0.357. The number of aliphatic imine (C=N–C) groups is 1. The lowest BCUT2D eigenvalue weighted by atomic mass is 10.1. The zero-order chi connectivity index (χ0) is 14.4. The van der Waals surface area contributed by atoms with E-state index in [4.69, 9.17) is 4.52 Å². The normalized spacial score (nSPS) is 10.9. The van der Waals surface area contributed by atoms with Crippen molar-refractivity contribution in [2.24, 2.45) is 4.99 Å². The molecule has 2 N–H and O–H groups in total. The van der Waals surface area contributed by atoms with Gasteiger partial charge < -0.3 is 15.2 Å². The van der Waals surface area contributed by atoms with Gasteiger partial charge in [0, 0.05) is 20.5 Å². The maximum absolute atomic E-state index is 4.91. The minimum absolute atomic E-state index is 0. The summed E-state index contributed by atoms with van der Waals surface area (Å²) in [5.74, 6) is 1.87. The molecule has 0 bridgehead atoms. The maximum Gasteiger partial charge on any atom is 0.223 e. The average Bonchev–Trinajstić information content (AvgIpc) is 2.87. The molecule has 0 saturated heterocycles. The van der Waals surface area contributed by atoms with Gasteiger partial charge in [-0.05, 0) is 12.5 Å². The van der Waals surface area contributed by atoms with E-state index in [0.717, 1.165) is 0 Å². The lowest BCUT2D eigenvalue weighted by molar-refractivity contribution is 0.387. The van der Waals surface area contributed by atoms with Crippen LogP contribution in [-0.4, -0.2) is 23.1 Å². The standard InChI is InChI=1S/C14H19N5O.HI/c1-10-4-6-12(7-5-10)8-16-14(15-3)17-9-13-18-11(2)20-19-13;/h4-7H,8-9H2,1-3H3,(H2,15,16,17);1H. The smallest absolute Gasteiger partial charge is 0.223 e. The zero-order valence-corrected chi connectivity index (χ0v) is 14.7. The van der Waals surface area contributed by atoms with Crippen molar-refractivity contribution < 1.29 is 4.52 Å². The summed E-state index contributed by atoms with van der Waals surface area (Å²) in [6, 6.07) is 8.38. The van der Waals surface area contributed by atoms with Crippen LogP contribution in [-0.2, 0) is 13.1 Å². The molecule has 0 aliphatic heterocycles. The summed E-state index contributed by atoms with van der Waals surface area (Å²) in [7, 11) is 1.73. The molecule has 0 spiro atoms. The van der Waals surface area contributed by atoms with Crippen LogP contribution in [0.25, 0.3) is 0 Å². The van der Waals surface area contributed by atoms with Crippen LogP contribution in [0.3, 0.4) is 0 Å². The molecule has 114 valence electrons. The van der Waals surface area contributed by atoms with E-state index in [9.17, 15) is 0 Å². The first-order chi connectivity index (χ1) is 9.67. The Morgan fingerprint density at radius 2 is 1.81 bits per heavy atom. The fourth-order valence-corrected chi connectivity index (χ4v) is 1.69. The molecule has 0 unspecified atom stereocenters. The molecule has 0 aliphatic carbocycles. The number of rotatable bonds is 4. The molecule has 0 atom stereocenters. The molecule has 2 aromatic rings. The number of guanidine groups is 1. The van der Waals surface area contributed by atoms with Gasteiger partial charge in [0.1, 0.15) is 0 Å². The molecule has 1 aromatic heterocycles. The number of aryl methyl sites for hydroxylation is 2. The summed E-state index contributed by atoms with van der Waals surface area (Å²) in [5, 5.41) is 10.2. The zero-order valence-electron chi connectivity index (χ0n) is 12.4. The second-order valence-corrected chi connectivity index (χ2v) is 4.49. The predicted molar refractivity (Wildman–Crippen MR) is 92.7 cm³/mol. The molecule has 6 nitrogen and oxygen atoms in total. The van der Waals surface area contributed by atoms with E-state index < -0.39 is 0 Å². The number of hydrogen-bond donors (Lipinski definition) is 2. The van der Waals surface area contributed by atoms with Crippen molar-refractivity contribution in [3.8, 4) is 0 Å². The molecule has 2 rings (SSSR count). The molecule has 0 amide bonds. The van der Waals surface area contributed by atoms with Crippen LogP contribution in [0.2, 0.25) is 0 Å². The van der Waals surface area contributed by atoms with E-state index in [0.29, 0.717) is 30.8 Å². The second-order valence-electron chi connectivity index (χ2n) is 4.49. The van der Waals surface area contributed by atoms with E-state index in [1.54, 1.807) is 14.0 Å². The van der Waals surface area contributed by atoms with Crippen LogP contribution in [0.15, 0.2) is 33.8 Å². The third kappa shape index (κ3) is 5.70. The van der Waals surface area contributed by atoms with E-state index in [-0.39, 0.29) is 24.0 Å². The Kier molecular flexibility index (Phi) is 7.13. The van der Waals surface area contributed by atoms with Gasteiger partial charge in [0.15, 0.2) is 11.8 Å². The van der Waals surface area contributed by atoms with E-state index in [1.165, 1.54) is 11.1 Å². The first kappa shape index (κ1) is 17.4. The van der Waals surface area contributed by atoms with Crippen molar-refractivity contribution in [3.63, 3.8) is 0 Å². The number of hydrogen-bond acceptors (Lipinski definition) is 4. The lowest BCUT2D eigenvalue weighted by Gasteiger charge is -2.10. The van der Waals surface area contributed by atoms with E-state index in [1.807, 2.05) is 0 Å². The van der Waals surface area contributed by atoms with Crippen LogP contribution < -0.4 is 10.6 Å². The highest BCUT2D eigenvalue weighted by Gasteiger charge is 2.03.